The zero-order valence-corrected chi connectivity index (χ0v) is 15.3. The van der Waals surface area contributed by atoms with Crippen LogP contribution in [0.1, 0.15) is 68.2 Å². The maximum atomic E-state index is 11.4. The van der Waals surface area contributed by atoms with Gasteiger partial charge in [0.05, 0.1) is 23.2 Å². The molecule has 0 radical (unpaired) electrons. The van der Waals surface area contributed by atoms with E-state index in [-0.39, 0.29) is 11.0 Å². The standard InChI is InChI=1S/C17H34O4/c1-14(2,13(18)19)12-15(3,4)17(7,8)21-11-10-16(5,6)20-9/h10-12H2,1-9H3,(H,18,19). The van der Waals surface area contributed by atoms with Crippen molar-refractivity contribution < 1.29 is 19.4 Å². The first-order valence-electron chi connectivity index (χ1n) is 7.59. The topological polar surface area (TPSA) is 55.8 Å². The van der Waals surface area contributed by atoms with Crippen molar-refractivity contribution in [3.63, 3.8) is 0 Å². The molecule has 1 N–H and O–H groups in total. The van der Waals surface area contributed by atoms with Crippen LogP contribution in [0, 0.1) is 10.8 Å². The molecule has 0 aromatic rings. The molecule has 0 saturated carbocycles. The smallest absolute Gasteiger partial charge is 0.309 e. The van der Waals surface area contributed by atoms with Crippen molar-refractivity contribution in [2.24, 2.45) is 10.8 Å². The van der Waals surface area contributed by atoms with Crippen LogP contribution < -0.4 is 0 Å². The monoisotopic (exact) mass is 302 g/mol. The Balaban J connectivity index is 4.77. The molecule has 0 heterocycles. The lowest BCUT2D eigenvalue weighted by Gasteiger charge is -2.45. The van der Waals surface area contributed by atoms with Crippen molar-refractivity contribution in [3.8, 4) is 0 Å². The molecule has 126 valence electrons. The number of hydrogen-bond donors (Lipinski definition) is 1. The normalized spacial score (nSPS) is 14.3. The first-order chi connectivity index (χ1) is 9.17. The van der Waals surface area contributed by atoms with E-state index in [4.69, 9.17) is 9.47 Å². The number of carboxylic acids is 1. The highest BCUT2D eigenvalue weighted by Gasteiger charge is 2.44. The summed E-state index contributed by atoms with van der Waals surface area (Å²) in [5.41, 5.74) is -1.65. The third-order valence-corrected chi connectivity index (χ3v) is 4.81. The van der Waals surface area contributed by atoms with Crippen molar-refractivity contribution in [1.82, 2.24) is 0 Å². The molecule has 4 nitrogen and oxygen atoms in total. The summed E-state index contributed by atoms with van der Waals surface area (Å²) in [6, 6.07) is 0. The summed E-state index contributed by atoms with van der Waals surface area (Å²) in [6.45, 7) is 16.4. The molecule has 0 saturated heterocycles. The highest BCUT2D eigenvalue weighted by Crippen LogP contribution is 2.43. The molecular formula is C17H34O4. The van der Waals surface area contributed by atoms with Gasteiger partial charge in [-0.05, 0) is 59.8 Å². The van der Waals surface area contributed by atoms with Crippen molar-refractivity contribution in [2.75, 3.05) is 13.7 Å². The van der Waals surface area contributed by atoms with Gasteiger partial charge in [0.2, 0.25) is 0 Å². The first kappa shape index (κ1) is 20.4. The molecule has 0 spiro atoms. The molecule has 0 bridgehead atoms. The van der Waals surface area contributed by atoms with Gasteiger partial charge in [-0.2, -0.15) is 0 Å². The van der Waals surface area contributed by atoms with Gasteiger partial charge < -0.3 is 14.6 Å². The predicted molar refractivity (Wildman–Crippen MR) is 85.6 cm³/mol. The van der Waals surface area contributed by atoms with Gasteiger partial charge in [-0.1, -0.05) is 13.8 Å². The SMILES string of the molecule is COC(C)(C)CCOC(C)(C)C(C)(C)CC(C)(C)C(=O)O. The van der Waals surface area contributed by atoms with E-state index in [1.54, 1.807) is 21.0 Å². The average molecular weight is 302 g/mol. The highest BCUT2D eigenvalue weighted by molar-refractivity contribution is 5.73. The van der Waals surface area contributed by atoms with E-state index in [9.17, 15) is 9.90 Å². The van der Waals surface area contributed by atoms with Crippen LogP contribution >= 0.6 is 0 Å². The van der Waals surface area contributed by atoms with Crippen molar-refractivity contribution in [1.29, 1.82) is 0 Å². The second kappa shape index (κ2) is 6.66. The lowest BCUT2D eigenvalue weighted by Crippen LogP contribution is -2.46. The number of methoxy groups -OCH3 is 1. The number of hydrogen-bond acceptors (Lipinski definition) is 3. The minimum Gasteiger partial charge on any atom is -0.481 e. The van der Waals surface area contributed by atoms with Gasteiger partial charge in [-0.25, -0.2) is 0 Å². The molecule has 21 heavy (non-hydrogen) atoms. The van der Waals surface area contributed by atoms with Crippen LogP contribution in [-0.2, 0) is 14.3 Å². The summed E-state index contributed by atoms with van der Waals surface area (Å²) >= 11 is 0. The van der Waals surface area contributed by atoms with Crippen LogP contribution in [-0.4, -0.2) is 36.0 Å². The quantitative estimate of drug-likeness (QED) is 0.696. The largest absolute Gasteiger partial charge is 0.481 e. The van der Waals surface area contributed by atoms with E-state index in [0.717, 1.165) is 6.42 Å². The van der Waals surface area contributed by atoms with E-state index in [0.29, 0.717) is 13.0 Å². The second-order valence-corrected chi connectivity index (χ2v) is 8.32. The van der Waals surface area contributed by atoms with Crippen molar-refractivity contribution in [3.05, 3.63) is 0 Å². The Morgan fingerprint density at radius 3 is 1.86 bits per heavy atom. The second-order valence-electron chi connectivity index (χ2n) is 8.32. The van der Waals surface area contributed by atoms with Gasteiger partial charge in [-0.3, -0.25) is 4.79 Å². The number of aliphatic carboxylic acids is 1. The van der Waals surface area contributed by atoms with Crippen LogP contribution in [0.15, 0.2) is 0 Å². The molecule has 0 amide bonds. The Morgan fingerprint density at radius 2 is 1.48 bits per heavy atom. The van der Waals surface area contributed by atoms with Gasteiger partial charge in [0, 0.05) is 7.11 Å². The number of ether oxygens (including phenoxy) is 2. The molecule has 0 unspecified atom stereocenters. The molecule has 0 aromatic heterocycles. The van der Waals surface area contributed by atoms with Crippen LogP contribution in [0.5, 0.6) is 0 Å². The maximum Gasteiger partial charge on any atom is 0.309 e. The molecule has 0 rings (SSSR count). The molecule has 0 atom stereocenters. The third-order valence-electron chi connectivity index (χ3n) is 4.81. The molecule has 0 aliphatic rings. The average Bonchev–Trinajstić information content (AvgIpc) is 2.26. The molecule has 4 heteroatoms. The summed E-state index contributed by atoms with van der Waals surface area (Å²) < 4.78 is 11.5. The fourth-order valence-corrected chi connectivity index (χ4v) is 2.24. The van der Waals surface area contributed by atoms with E-state index in [1.165, 1.54) is 0 Å². The fourth-order valence-electron chi connectivity index (χ4n) is 2.24. The van der Waals surface area contributed by atoms with Gasteiger partial charge in [0.25, 0.3) is 0 Å². The van der Waals surface area contributed by atoms with E-state index >= 15 is 0 Å². The lowest BCUT2D eigenvalue weighted by molar-refractivity contribution is -0.155. The molecule has 0 aliphatic heterocycles. The number of rotatable bonds is 9. The fraction of sp³-hybridized carbons (Fsp3) is 0.941. The summed E-state index contributed by atoms with van der Waals surface area (Å²) in [5.74, 6) is -0.771. The lowest BCUT2D eigenvalue weighted by atomic mass is 9.67. The summed E-state index contributed by atoms with van der Waals surface area (Å²) in [4.78, 5) is 11.4. The van der Waals surface area contributed by atoms with Crippen LogP contribution in [0.2, 0.25) is 0 Å². The van der Waals surface area contributed by atoms with E-state index < -0.39 is 17.0 Å². The minimum atomic E-state index is -0.771. The predicted octanol–water partition coefficient (Wildman–Crippen LogP) is 4.12. The van der Waals surface area contributed by atoms with Gasteiger partial charge >= 0.3 is 5.97 Å². The number of carboxylic acid groups (broad SMARTS) is 1. The first-order valence-corrected chi connectivity index (χ1v) is 7.59. The van der Waals surface area contributed by atoms with E-state index in [1.807, 2.05) is 27.7 Å². The van der Waals surface area contributed by atoms with Gasteiger partial charge in [0.15, 0.2) is 0 Å². The van der Waals surface area contributed by atoms with Crippen LogP contribution in [0.25, 0.3) is 0 Å². The van der Waals surface area contributed by atoms with Crippen molar-refractivity contribution in [2.45, 2.75) is 79.4 Å². The van der Waals surface area contributed by atoms with Gasteiger partial charge in [0.1, 0.15) is 0 Å². The van der Waals surface area contributed by atoms with Crippen LogP contribution in [0.3, 0.4) is 0 Å². The zero-order valence-electron chi connectivity index (χ0n) is 15.3. The summed E-state index contributed by atoms with van der Waals surface area (Å²) in [7, 11) is 1.70. The molecule has 0 fully saturated rings. The maximum absolute atomic E-state index is 11.4. The van der Waals surface area contributed by atoms with E-state index in [2.05, 4.69) is 13.8 Å². The summed E-state index contributed by atoms with van der Waals surface area (Å²) in [5, 5.41) is 9.33. The van der Waals surface area contributed by atoms with Crippen molar-refractivity contribution >= 4 is 5.97 Å². The van der Waals surface area contributed by atoms with Gasteiger partial charge in [-0.15, -0.1) is 0 Å². The van der Waals surface area contributed by atoms with Crippen LogP contribution in [0.4, 0.5) is 0 Å². The zero-order chi connectivity index (χ0) is 17.1. The molecule has 0 aliphatic carbocycles. The minimum absolute atomic E-state index is 0.208. The third kappa shape index (κ3) is 5.95. The molecular weight excluding hydrogens is 268 g/mol. The Hall–Kier alpha value is -0.610. The number of carbonyl (C=O) groups is 1. The Morgan fingerprint density at radius 1 is 1.00 bits per heavy atom. The Kier molecular flexibility index (Phi) is 6.46. The summed E-state index contributed by atoms with van der Waals surface area (Å²) in [6.07, 6.45) is 1.35. The Labute approximate surface area is 130 Å². The molecule has 0 aromatic carbocycles. The highest BCUT2D eigenvalue weighted by atomic mass is 16.5. The Bertz CT molecular complexity index is 354.